The van der Waals surface area contributed by atoms with Crippen molar-refractivity contribution in [2.24, 2.45) is 5.41 Å². The van der Waals surface area contributed by atoms with Crippen molar-refractivity contribution in [1.29, 1.82) is 0 Å². The predicted octanol–water partition coefficient (Wildman–Crippen LogP) is 3.37. The van der Waals surface area contributed by atoms with E-state index in [0.29, 0.717) is 5.41 Å². The molecule has 0 aliphatic rings. The molecule has 0 bridgehead atoms. The van der Waals surface area contributed by atoms with Crippen LogP contribution in [0.2, 0.25) is 12.6 Å². The first kappa shape index (κ1) is 10.1. The maximum Gasteiger partial charge on any atom is 0.109 e. The van der Waals surface area contributed by atoms with Gasteiger partial charge >= 0.3 is 0 Å². The zero-order chi connectivity index (χ0) is 8.04. The SMILES string of the molecule is CC[B]CCC(C)(C)CC. The number of rotatable bonds is 5. The average Bonchev–Trinajstić information content (AvgIpc) is 1.89. The van der Waals surface area contributed by atoms with Gasteiger partial charge in [0.05, 0.1) is 0 Å². The van der Waals surface area contributed by atoms with Gasteiger partial charge in [0.25, 0.3) is 0 Å². The third-order valence-corrected chi connectivity index (χ3v) is 2.27. The van der Waals surface area contributed by atoms with Crippen LogP contribution < -0.4 is 0 Å². The minimum atomic E-state index is 0.561. The van der Waals surface area contributed by atoms with Gasteiger partial charge in [-0.15, -0.1) is 0 Å². The summed E-state index contributed by atoms with van der Waals surface area (Å²) in [5, 5.41) is 0. The maximum atomic E-state index is 2.37. The van der Waals surface area contributed by atoms with Gasteiger partial charge in [-0.25, -0.2) is 0 Å². The van der Waals surface area contributed by atoms with Gasteiger partial charge in [0.15, 0.2) is 0 Å². The lowest BCUT2D eigenvalue weighted by molar-refractivity contribution is 0.337. The maximum absolute atomic E-state index is 2.37. The van der Waals surface area contributed by atoms with Gasteiger partial charge in [-0.2, -0.15) is 0 Å². The average molecular weight is 139 g/mol. The van der Waals surface area contributed by atoms with Crippen LogP contribution in [0, 0.1) is 5.41 Å². The third kappa shape index (κ3) is 4.90. The Balaban J connectivity index is 3.28. The highest BCUT2D eigenvalue weighted by atomic mass is 14.2. The molecular weight excluding hydrogens is 119 g/mol. The first-order valence-electron chi connectivity index (χ1n) is 4.44. The van der Waals surface area contributed by atoms with E-state index in [1.807, 2.05) is 0 Å². The van der Waals surface area contributed by atoms with Gasteiger partial charge in [0, 0.05) is 0 Å². The second-order valence-corrected chi connectivity index (χ2v) is 3.75. The summed E-state index contributed by atoms with van der Waals surface area (Å²) < 4.78 is 0. The van der Waals surface area contributed by atoms with E-state index in [-0.39, 0.29) is 0 Å². The van der Waals surface area contributed by atoms with E-state index in [9.17, 15) is 0 Å². The number of hydrogen-bond acceptors (Lipinski definition) is 0. The fraction of sp³-hybridized carbons (Fsp3) is 1.00. The van der Waals surface area contributed by atoms with Crippen molar-refractivity contribution in [2.75, 3.05) is 0 Å². The molecule has 0 amide bonds. The van der Waals surface area contributed by atoms with Crippen molar-refractivity contribution in [3.05, 3.63) is 0 Å². The van der Waals surface area contributed by atoms with Crippen molar-refractivity contribution in [1.82, 2.24) is 0 Å². The summed E-state index contributed by atoms with van der Waals surface area (Å²) in [5.74, 6) is 0. The van der Waals surface area contributed by atoms with Crippen molar-refractivity contribution in [3.63, 3.8) is 0 Å². The molecule has 0 atom stereocenters. The first-order valence-corrected chi connectivity index (χ1v) is 4.44. The minimum absolute atomic E-state index is 0.561. The molecule has 0 nitrogen and oxygen atoms in total. The molecule has 1 heteroatoms. The van der Waals surface area contributed by atoms with Crippen LogP contribution in [0.15, 0.2) is 0 Å². The van der Waals surface area contributed by atoms with Gasteiger partial charge in [-0.05, 0) is 5.41 Å². The molecule has 10 heavy (non-hydrogen) atoms. The van der Waals surface area contributed by atoms with E-state index < -0.39 is 0 Å². The molecule has 0 aromatic heterocycles. The summed E-state index contributed by atoms with van der Waals surface area (Å²) in [6.45, 7) is 9.16. The molecule has 0 aliphatic heterocycles. The zero-order valence-electron chi connectivity index (χ0n) is 7.91. The third-order valence-electron chi connectivity index (χ3n) is 2.27. The molecule has 0 aromatic rings. The second-order valence-electron chi connectivity index (χ2n) is 3.75. The lowest BCUT2D eigenvalue weighted by atomic mass is 9.66. The Hall–Kier alpha value is 0.0649. The molecule has 0 saturated carbocycles. The van der Waals surface area contributed by atoms with E-state index in [1.165, 1.54) is 25.5 Å². The molecule has 0 heterocycles. The van der Waals surface area contributed by atoms with Crippen LogP contribution in [0.1, 0.15) is 40.5 Å². The van der Waals surface area contributed by atoms with Crippen LogP contribution in [-0.4, -0.2) is 7.28 Å². The Morgan fingerprint density at radius 2 is 1.80 bits per heavy atom. The Morgan fingerprint density at radius 3 is 2.20 bits per heavy atom. The van der Waals surface area contributed by atoms with Gasteiger partial charge in [0.1, 0.15) is 7.28 Å². The molecule has 0 spiro atoms. The summed E-state index contributed by atoms with van der Waals surface area (Å²) in [6.07, 6.45) is 5.15. The van der Waals surface area contributed by atoms with Crippen LogP contribution in [-0.2, 0) is 0 Å². The molecule has 0 aliphatic carbocycles. The predicted molar refractivity (Wildman–Crippen MR) is 49.7 cm³/mol. The largest absolute Gasteiger partial charge is 0.109 e. The van der Waals surface area contributed by atoms with Crippen LogP contribution in [0.4, 0.5) is 0 Å². The van der Waals surface area contributed by atoms with Crippen LogP contribution in [0.3, 0.4) is 0 Å². The van der Waals surface area contributed by atoms with E-state index in [2.05, 4.69) is 35.0 Å². The Morgan fingerprint density at radius 1 is 1.20 bits per heavy atom. The molecule has 59 valence electrons. The van der Waals surface area contributed by atoms with E-state index >= 15 is 0 Å². The van der Waals surface area contributed by atoms with E-state index in [4.69, 9.17) is 0 Å². The second kappa shape index (κ2) is 4.82. The fourth-order valence-corrected chi connectivity index (χ4v) is 0.874. The molecule has 0 rings (SSSR count). The lowest BCUT2D eigenvalue weighted by Crippen LogP contribution is -2.09. The summed E-state index contributed by atoms with van der Waals surface area (Å²) in [6, 6.07) is 0. The topological polar surface area (TPSA) is 0 Å². The highest BCUT2D eigenvalue weighted by Gasteiger charge is 2.13. The standard InChI is InChI=1S/C9H20B/c1-5-9(3,4)7-8-10-6-2/h5-8H2,1-4H3. The minimum Gasteiger partial charge on any atom is -0.0831 e. The van der Waals surface area contributed by atoms with Gasteiger partial charge < -0.3 is 0 Å². The molecular formula is C9H20B. The molecule has 0 aromatic carbocycles. The normalized spacial score (nSPS) is 11.6. The first-order chi connectivity index (χ1) is 4.62. The highest BCUT2D eigenvalue weighted by molar-refractivity contribution is 6.35. The highest BCUT2D eigenvalue weighted by Crippen LogP contribution is 2.25. The summed E-state index contributed by atoms with van der Waals surface area (Å²) >= 11 is 0. The van der Waals surface area contributed by atoms with Crippen molar-refractivity contribution in [2.45, 2.75) is 53.2 Å². The van der Waals surface area contributed by atoms with Gasteiger partial charge in [-0.3, -0.25) is 0 Å². The summed E-state index contributed by atoms with van der Waals surface area (Å²) in [4.78, 5) is 0. The molecule has 1 radical (unpaired) electrons. The van der Waals surface area contributed by atoms with E-state index in [0.717, 1.165) is 0 Å². The van der Waals surface area contributed by atoms with Crippen LogP contribution >= 0.6 is 0 Å². The van der Waals surface area contributed by atoms with Crippen molar-refractivity contribution in [3.8, 4) is 0 Å². The molecule has 0 fully saturated rings. The Bertz CT molecular complexity index is 76.8. The molecule has 0 N–H and O–H groups in total. The van der Waals surface area contributed by atoms with Gasteiger partial charge in [0.2, 0.25) is 0 Å². The van der Waals surface area contributed by atoms with E-state index in [1.54, 1.807) is 0 Å². The monoisotopic (exact) mass is 139 g/mol. The van der Waals surface area contributed by atoms with Crippen LogP contribution in [0.25, 0.3) is 0 Å². The molecule has 0 unspecified atom stereocenters. The smallest absolute Gasteiger partial charge is 0.0831 e. The van der Waals surface area contributed by atoms with Gasteiger partial charge in [-0.1, -0.05) is 53.2 Å². The molecule has 0 saturated heterocycles. The Kier molecular flexibility index (Phi) is 4.85. The zero-order valence-corrected chi connectivity index (χ0v) is 7.91. The lowest BCUT2D eigenvalue weighted by Gasteiger charge is -2.21. The summed E-state index contributed by atoms with van der Waals surface area (Å²) in [5.41, 5.74) is 0.561. The quantitative estimate of drug-likeness (QED) is 0.404. The van der Waals surface area contributed by atoms with Crippen LogP contribution in [0.5, 0.6) is 0 Å². The summed E-state index contributed by atoms with van der Waals surface area (Å²) in [7, 11) is 2.37. The number of hydrogen-bond donors (Lipinski definition) is 0. The van der Waals surface area contributed by atoms with Crippen molar-refractivity contribution >= 4 is 7.28 Å². The Labute approximate surface area is 66.6 Å². The van der Waals surface area contributed by atoms with Crippen molar-refractivity contribution < 1.29 is 0 Å². The fourth-order valence-electron chi connectivity index (χ4n) is 0.874.